The minimum atomic E-state index is -0.689. The van der Waals surface area contributed by atoms with Gasteiger partial charge in [-0.2, -0.15) is 0 Å². The lowest BCUT2D eigenvalue weighted by atomic mass is 10.0. The molecule has 0 spiro atoms. The van der Waals surface area contributed by atoms with Crippen LogP contribution < -0.4 is 0 Å². The van der Waals surface area contributed by atoms with Gasteiger partial charge in [-0.15, -0.1) is 0 Å². The second-order valence-electron chi connectivity index (χ2n) is 4.86. The van der Waals surface area contributed by atoms with Crippen molar-refractivity contribution in [2.24, 2.45) is 5.92 Å². The van der Waals surface area contributed by atoms with Crippen molar-refractivity contribution in [1.82, 2.24) is 9.80 Å². The van der Waals surface area contributed by atoms with E-state index in [-0.39, 0.29) is 5.92 Å². The standard InChI is InChI=1S/C12H24N2O2/c1-4-14(9-10(2)12(15)16)11-5-7-13(3)8-6-11/h10-11H,4-9H2,1-3H3,(H,15,16). The molecule has 0 aromatic rings. The third-order valence-corrected chi connectivity index (χ3v) is 3.54. The molecule has 0 bridgehead atoms. The lowest BCUT2D eigenvalue weighted by molar-refractivity contribution is -0.142. The fourth-order valence-corrected chi connectivity index (χ4v) is 2.33. The Kier molecular flexibility index (Phi) is 5.22. The van der Waals surface area contributed by atoms with Crippen LogP contribution in [0.25, 0.3) is 0 Å². The first-order valence-corrected chi connectivity index (χ1v) is 6.20. The van der Waals surface area contributed by atoms with Gasteiger partial charge in [0.2, 0.25) is 0 Å². The number of nitrogens with zero attached hydrogens (tertiary/aromatic N) is 2. The van der Waals surface area contributed by atoms with E-state index in [1.165, 1.54) is 0 Å². The van der Waals surface area contributed by atoms with Gasteiger partial charge in [-0.1, -0.05) is 13.8 Å². The maximum atomic E-state index is 10.9. The first-order valence-electron chi connectivity index (χ1n) is 6.20. The Labute approximate surface area is 98.2 Å². The molecule has 4 heteroatoms. The van der Waals surface area contributed by atoms with E-state index in [1.54, 1.807) is 6.92 Å². The maximum Gasteiger partial charge on any atom is 0.307 e. The number of hydrogen-bond acceptors (Lipinski definition) is 3. The number of rotatable bonds is 5. The number of aliphatic carboxylic acids is 1. The molecule has 1 fully saturated rings. The normalized spacial score (nSPS) is 21.2. The highest BCUT2D eigenvalue weighted by atomic mass is 16.4. The molecule has 0 saturated carbocycles. The Bertz CT molecular complexity index is 225. The van der Waals surface area contributed by atoms with Crippen molar-refractivity contribution in [2.45, 2.75) is 32.7 Å². The number of carbonyl (C=O) groups is 1. The summed E-state index contributed by atoms with van der Waals surface area (Å²) in [6.07, 6.45) is 2.33. The molecule has 1 aliphatic heterocycles. The van der Waals surface area contributed by atoms with Crippen molar-refractivity contribution >= 4 is 5.97 Å². The van der Waals surface area contributed by atoms with E-state index < -0.39 is 5.97 Å². The average molecular weight is 228 g/mol. The van der Waals surface area contributed by atoms with Gasteiger partial charge in [-0.25, -0.2) is 0 Å². The van der Waals surface area contributed by atoms with E-state index in [4.69, 9.17) is 5.11 Å². The van der Waals surface area contributed by atoms with E-state index in [2.05, 4.69) is 23.8 Å². The van der Waals surface area contributed by atoms with E-state index in [9.17, 15) is 4.79 Å². The molecule has 0 aliphatic carbocycles. The lowest BCUT2D eigenvalue weighted by Gasteiger charge is -2.37. The van der Waals surface area contributed by atoms with Gasteiger partial charge in [0.25, 0.3) is 0 Å². The minimum Gasteiger partial charge on any atom is -0.481 e. The number of piperidine rings is 1. The molecule has 1 atom stereocenters. The van der Waals surface area contributed by atoms with Crippen LogP contribution >= 0.6 is 0 Å². The number of carboxylic acid groups (broad SMARTS) is 1. The molecule has 1 N–H and O–H groups in total. The fraction of sp³-hybridized carbons (Fsp3) is 0.917. The third-order valence-electron chi connectivity index (χ3n) is 3.54. The Morgan fingerprint density at radius 2 is 2.06 bits per heavy atom. The first-order chi connectivity index (χ1) is 7.54. The zero-order valence-electron chi connectivity index (χ0n) is 10.6. The van der Waals surface area contributed by atoms with Gasteiger partial charge in [0.15, 0.2) is 0 Å². The molecule has 1 saturated heterocycles. The summed E-state index contributed by atoms with van der Waals surface area (Å²) in [6.45, 7) is 7.80. The van der Waals surface area contributed by atoms with Crippen LogP contribution in [0.2, 0.25) is 0 Å². The van der Waals surface area contributed by atoms with Gasteiger partial charge in [0.1, 0.15) is 0 Å². The average Bonchev–Trinajstić information content (AvgIpc) is 2.26. The Balaban J connectivity index is 2.44. The molecular formula is C12H24N2O2. The van der Waals surface area contributed by atoms with Gasteiger partial charge in [0, 0.05) is 12.6 Å². The van der Waals surface area contributed by atoms with Gasteiger partial charge in [0.05, 0.1) is 5.92 Å². The van der Waals surface area contributed by atoms with Crippen LogP contribution in [0.5, 0.6) is 0 Å². The molecule has 0 amide bonds. The summed E-state index contributed by atoms with van der Waals surface area (Å²) >= 11 is 0. The van der Waals surface area contributed by atoms with Crippen molar-refractivity contribution in [1.29, 1.82) is 0 Å². The summed E-state index contributed by atoms with van der Waals surface area (Å²) in [5.74, 6) is -0.953. The van der Waals surface area contributed by atoms with Crippen LogP contribution in [0.4, 0.5) is 0 Å². The first kappa shape index (κ1) is 13.5. The highest BCUT2D eigenvalue weighted by molar-refractivity contribution is 5.69. The Morgan fingerprint density at radius 3 is 2.50 bits per heavy atom. The smallest absolute Gasteiger partial charge is 0.307 e. The molecule has 0 radical (unpaired) electrons. The minimum absolute atomic E-state index is 0.264. The van der Waals surface area contributed by atoms with Crippen LogP contribution in [0, 0.1) is 5.92 Å². The predicted molar refractivity (Wildman–Crippen MR) is 64.6 cm³/mol. The topological polar surface area (TPSA) is 43.8 Å². The largest absolute Gasteiger partial charge is 0.481 e. The molecule has 1 unspecified atom stereocenters. The van der Waals surface area contributed by atoms with Crippen LogP contribution in [0.1, 0.15) is 26.7 Å². The predicted octanol–water partition coefficient (Wildman–Crippen LogP) is 1.12. The van der Waals surface area contributed by atoms with Crippen LogP contribution in [0.15, 0.2) is 0 Å². The fourth-order valence-electron chi connectivity index (χ4n) is 2.33. The van der Waals surface area contributed by atoms with E-state index >= 15 is 0 Å². The Morgan fingerprint density at radius 1 is 1.50 bits per heavy atom. The van der Waals surface area contributed by atoms with Gasteiger partial charge in [-0.3, -0.25) is 9.69 Å². The molecule has 1 heterocycles. The Hall–Kier alpha value is -0.610. The molecule has 4 nitrogen and oxygen atoms in total. The molecule has 16 heavy (non-hydrogen) atoms. The van der Waals surface area contributed by atoms with Crippen molar-refractivity contribution in [2.75, 3.05) is 33.2 Å². The zero-order chi connectivity index (χ0) is 12.1. The summed E-state index contributed by atoms with van der Waals surface area (Å²) < 4.78 is 0. The number of likely N-dealkylation sites (tertiary alicyclic amines) is 1. The van der Waals surface area contributed by atoms with Crippen molar-refractivity contribution < 1.29 is 9.90 Å². The van der Waals surface area contributed by atoms with Gasteiger partial charge >= 0.3 is 5.97 Å². The van der Waals surface area contributed by atoms with Crippen LogP contribution in [-0.2, 0) is 4.79 Å². The molecular weight excluding hydrogens is 204 g/mol. The van der Waals surface area contributed by atoms with Crippen LogP contribution in [0.3, 0.4) is 0 Å². The van der Waals surface area contributed by atoms with Crippen molar-refractivity contribution in [3.63, 3.8) is 0 Å². The summed E-state index contributed by atoms with van der Waals surface area (Å²) in [4.78, 5) is 15.5. The molecule has 0 aromatic carbocycles. The maximum absolute atomic E-state index is 10.9. The molecule has 1 aliphatic rings. The quantitative estimate of drug-likeness (QED) is 0.766. The summed E-state index contributed by atoms with van der Waals surface area (Å²) in [5.41, 5.74) is 0. The monoisotopic (exact) mass is 228 g/mol. The summed E-state index contributed by atoms with van der Waals surface area (Å²) in [5, 5.41) is 8.93. The number of hydrogen-bond donors (Lipinski definition) is 1. The molecule has 1 rings (SSSR count). The summed E-state index contributed by atoms with van der Waals surface area (Å²) in [7, 11) is 2.15. The van der Waals surface area contributed by atoms with Gasteiger partial charge < -0.3 is 10.0 Å². The zero-order valence-corrected chi connectivity index (χ0v) is 10.6. The summed E-state index contributed by atoms with van der Waals surface area (Å²) in [6, 6.07) is 0.572. The number of carboxylic acids is 1. The van der Waals surface area contributed by atoms with Crippen LogP contribution in [-0.4, -0.2) is 60.1 Å². The lowest BCUT2D eigenvalue weighted by Crippen LogP contribution is -2.45. The SMILES string of the molecule is CCN(CC(C)C(=O)O)C1CCN(C)CC1. The van der Waals surface area contributed by atoms with E-state index in [0.717, 1.165) is 32.5 Å². The van der Waals surface area contributed by atoms with Crippen molar-refractivity contribution in [3.8, 4) is 0 Å². The second kappa shape index (κ2) is 6.21. The van der Waals surface area contributed by atoms with Crippen molar-refractivity contribution in [3.05, 3.63) is 0 Å². The molecule has 0 aromatic heterocycles. The van der Waals surface area contributed by atoms with Gasteiger partial charge in [-0.05, 0) is 39.5 Å². The van der Waals surface area contributed by atoms with E-state index in [1.807, 2.05) is 0 Å². The molecule has 94 valence electrons. The van der Waals surface area contributed by atoms with E-state index in [0.29, 0.717) is 12.6 Å². The highest BCUT2D eigenvalue weighted by Gasteiger charge is 2.24. The third kappa shape index (κ3) is 3.76. The highest BCUT2D eigenvalue weighted by Crippen LogP contribution is 2.16. The second-order valence-corrected chi connectivity index (χ2v) is 4.86.